The third-order valence-electron chi connectivity index (χ3n) is 10.2. The number of hydrogen-bond acceptors (Lipinski definition) is 6. The molecule has 3 fully saturated rings. The molecule has 0 aliphatic carbocycles. The summed E-state index contributed by atoms with van der Waals surface area (Å²) in [5.41, 5.74) is 1.99. The van der Waals surface area contributed by atoms with Crippen molar-refractivity contribution in [1.82, 2.24) is 0 Å². The van der Waals surface area contributed by atoms with Gasteiger partial charge in [-0.1, -0.05) is 51.7 Å². The van der Waals surface area contributed by atoms with E-state index in [1.807, 2.05) is 108 Å². The molecule has 0 saturated carbocycles. The van der Waals surface area contributed by atoms with E-state index in [9.17, 15) is 8.78 Å². The minimum absolute atomic E-state index is 0.198. The van der Waals surface area contributed by atoms with Crippen molar-refractivity contribution in [3.05, 3.63) is 82.3 Å². The van der Waals surface area contributed by atoms with Crippen molar-refractivity contribution < 1.29 is 36.7 Å². The second-order valence-corrected chi connectivity index (χ2v) is 16.0. The molecule has 0 radical (unpaired) electrons. The Morgan fingerprint density at radius 1 is 0.500 bits per heavy atom. The van der Waals surface area contributed by atoms with E-state index in [-0.39, 0.29) is 52.4 Å². The average molecular weight is 731 g/mol. The maximum absolute atomic E-state index is 12.9. The maximum atomic E-state index is 12.9. The summed E-state index contributed by atoms with van der Waals surface area (Å²) in [6, 6.07) is 12.8. The van der Waals surface area contributed by atoms with Gasteiger partial charge in [-0.2, -0.15) is 0 Å². The lowest BCUT2D eigenvalue weighted by Crippen LogP contribution is -2.41. The van der Waals surface area contributed by atoms with Gasteiger partial charge in [-0.25, -0.2) is 8.78 Å². The second-order valence-electron chi connectivity index (χ2n) is 15.5. The van der Waals surface area contributed by atoms with Crippen molar-refractivity contribution in [1.29, 1.82) is 0 Å². The van der Waals surface area contributed by atoms with E-state index in [2.05, 4.69) is 15.9 Å². The summed E-state index contributed by atoms with van der Waals surface area (Å²) in [5, 5.41) is 0. The summed E-state index contributed by atoms with van der Waals surface area (Å²) in [4.78, 5) is 1.82. The second kappa shape index (κ2) is 14.8. The highest BCUT2D eigenvalue weighted by Gasteiger charge is 2.63. The van der Waals surface area contributed by atoms with Gasteiger partial charge in [0.25, 0.3) is 0 Å². The molecule has 262 valence electrons. The molecule has 3 aliphatic heterocycles. The Morgan fingerprint density at radius 3 is 1.06 bits per heavy atom. The standard InChI is InChI=1S/C15H20BFO2.C12H24B2O4.C9H8BrF/c1-11(12-6-8-13(17)9-7-12)10-16-18-14(2,3)15(4,5)19-16;1-9(2)10(3,4)16-13(15-9)14-17-11(5,6)12(7,8)18-14;1-7(6-10)8-2-4-9(11)5-3-8/h6-10H,1-5H3;1-8H3;2-6H,1H3/b11-10+;;7-6+. The van der Waals surface area contributed by atoms with Crippen LogP contribution < -0.4 is 0 Å². The van der Waals surface area contributed by atoms with Crippen LogP contribution in [0.5, 0.6) is 0 Å². The molecule has 5 rings (SSSR count). The molecule has 0 N–H and O–H groups in total. The maximum Gasteiger partial charge on any atom is 0.488 e. The molecule has 0 unspecified atom stereocenters. The van der Waals surface area contributed by atoms with Crippen LogP contribution in [0, 0.1) is 11.6 Å². The highest BCUT2D eigenvalue weighted by atomic mass is 79.9. The normalized spacial score (nSPS) is 23.3. The molecule has 2 aromatic rings. The lowest BCUT2D eigenvalue weighted by Gasteiger charge is -2.32. The first-order valence-corrected chi connectivity index (χ1v) is 17.3. The van der Waals surface area contributed by atoms with E-state index in [1.54, 1.807) is 24.3 Å². The molecule has 3 aliphatic rings. The molecular formula is C36H52B3BrF2O6. The number of benzene rings is 2. The number of halogens is 3. The molecule has 48 heavy (non-hydrogen) atoms. The zero-order valence-electron chi connectivity index (χ0n) is 31.1. The van der Waals surface area contributed by atoms with Crippen LogP contribution in [0.1, 0.15) is 108 Å². The minimum atomic E-state index is -0.476. The first-order valence-electron chi connectivity index (χ1n) is 16.4. The van der Waals surface area contributed by atoms with Crippen LogP contribution in [0.4, 0.5) is 8.78 Å². The molecule has 0 aromatic heterocycles. The van der Waals surface area contributed by atoms with Gasteiger partial charge in [0.1, 0.15) is 11.6 Å². The molecule has 3 saturated heterocycles. The third-order valence-corrected chi connectivity index (χ3v) is 10.9. The molecule has 0 spiro atoms. The summed E-state index contributed by atoms with van der Waals surface area (Å²) in [5.74, 6) is 1.51. The van der Waals surface area contributed by atoms with Crippen molar-refractivity contribution in [2.45, 2.75) is 131 Å². The fourth-order valence-electron chi connectivity index (χ4n) is 4.75. The smallest absolute Gasteiger partial charge is 0.405 e. The average Bonchev–Trinajstić information content (AvgIpc) is 3.42. The zero-order chi connectivity index (χ0) is 36.5. The van der Waals surface area contributed by atoms with Crippen LogP contribution >= 0.6 is 15.9 Å². The summed E-state index contributed by atoms with van der Waals surface area (Å²) < 4.78 is 61.0. The number of rotatable bonds is 4. The Bertz CT molecular complexity index is 1380. The monoisotopic (exact) mass is 730 g/mol. The van der Waals surface area contributed by atoms with Crippen molar-refractivity contribution in [2.24, 2.45) is 0 Å². The number of allylic oxidation sites excluding steroid dienone is 2. The first kappa shape index (κ1) is 40.6. The van der Waals surface area contributed by atoms with Gasteiger partial charge in [-0.15, -0.1) is 0 Å². The van der Waals surface area contributed by atoms with E-state index in [4.69, 9.17) is 27.9 Å². The van der Waals surface area contributed by atoms with Crippen molar-refractivity contribution in [2.75, 3.05) is 0 Å². The van der Waals surface area contributed by atoms with Crippen LogP contribution in [0.3, 0.4) is 0 Å². The van der Waals surface area contributed by atoms with Gasteiger partial charge in [0.2, 0.25) is 0 Å². The predicted molar refractivity (Wildman–Crippen MR) is 197 cm³/mol. The molecular weight excluding hydrogens is 679 g/mol. The van der Waals surface area contributed by atoms with Gasteiger partial charge < -0.3 is 27.9 Å². The molecule has 12 heteroatoms. The van der Waals surface area contributed by atoms with Crippen LogP contribution in [0.15, 0.2) is 59.5 Å². The Kier molecular flexibility index (Phi) is 12.6. The summed E-state index contributed by atoms with van der Waals surface area (Å²) >= 11 is 3.21. The van der Waals surface area contributed by atoms with Gasteiger partial charge in [-0.3, -0.25) is 0 Å². The van der Waals surface area contributed by atoms with Gasteiger partial charge in [-0.05, 0) is 143 Å². The van der Waals surface area contributed by atoms with E-state index in [0.29, 0.717) is 0 Å². The van der Waals surface area contributed by atoms with E-state index in [0.717, 1.165) is 22.3 Å². The van der Waals surface area contributed by atoms with Crippen LogP contribution in [-0.4, -0.2) is 54.7 Å². The summed E-state index contributed by atoms with van der Waals surface area (Å²) in [6.45, 7) is 28.2. The third kappa shape index (κ3) is 9.50. The Morgan fingerprint density at radius 2 is 0.771 bits per heavy atom. The lowest BCUT2D eigenvalue weighted by molar-refractivity contribution is 0.00578. The molecule has 2 aromatic carbocycles. The Labute approximate surface area is 296 Å². The summed E-state index contributed by atoms with van der Waals surface area (Å²) in [6.07, 6.45) is 0. The Hall–Kier alpha value is -1.79. The van der Waals surface area contributed by atoms with Crippen LogP contribution in [0.25, 0.3) is 11.1 Å². The van der Waals surface area contributed by atoms with E-state index >= 15 is 0 Å². The van der Waals surface area contributed by atoms with Gasteiger partial charge in [0, 0.05) is 0 Å². The predicted octanol–water partition coefficient (Wildman–Crippen LogP) is 9.69. The quantitative estimate of drug-likeness (QED) is 0.292. The largest absolute Gasteiger partial charge is 0.488 e. The van der Waals surface area contributed by atoms with E-state index < -0.39 is 14.0 Å². The molecule has 0 bridgehead atoms. The topological polar surface area (TPSA) is 55.4 Å². The van der Waals surface area contributed by atoms with Gasteiger partial charge in [0.15, 0.2) is 0 Å². The van der Waals surface area contributed by atoms with Gasteiger partial charge >= 0.3 is 21.1 Å². The van der Waals surface area contributed by atoms with Crippen LogP contribution in [0.2, 0.25) is 0 Å². The molecule has 3 heterocycles. The summed E-state index contributed by atoms with van der Waals surface area (Å²) in [7, 11) is -1.32. The van der Waals surface area contributed by atoms with Crippen molar-refractivity contribution in [3.8, 4) is 0 Å². The first-order chi connectivity index (χ1) is 21.8. The van der Waals surface area contributed by atoms with Crippen molar-refractivity contribution in [3.63, 3.8) is 0 Å². The molecule has 0 atom stereocenters. The highest BCUT2D eigenvalue weighted by molar-refractivity contribution is 9.11. The molecule has 0 amide bonds. The van der Waals surface area contributed by atoms with E-state index in [1.165, 1.54) is 24.3 Å². The molecule has 6 nitrogen and oxygen atoms in total. The zero-order valence-corrected chi connectivity index (χ0v) is 32.7. The fourth-order valence-corrected chi connectivity index (χ4v) is 5.01. The van der Waals surface area contributed by atoms with Gasteiger partial charge in [0.05, 0.1) is 33.6 Å². The van der Waals surface area contributed by atoms with Crippen LogP contribution in [-0.2, 0) is 27.9 Å². The van der Waals surface area contributed by atoms with Crippen molar-refractivity contribution >= 4 is 48.2 Å². The number of hydrogen-bond donors (Lipinski definition) is 0. The minimum Gasteiger partial charge on any atom is -0.405 e. The lowest BCUT2D eigenvalue weighted by atomic mass is 9.49. The SMILES string of the molecule is C/C(=C\B1OC(C)(C)C(C)(C)O1)c1ccc(F)cc1.C/C(=C\Br)c1ccc(F)cc1.CC1(C)OB(B2OC(C)(C)C(C)(C)O2)OC1(C)C. The Balaban J connectivity index is 0.000000203. The highest BCUT2D eigenvalue weighted by Crippen LogP contribution is 2.43. The fraction of sp³-hybridized carbons (Fsp3) is 0.556.